The van der Waals surface area contributed by atoms with Crippen LogP contribution < -0.4 is 0 Å². The molecule has 43 heavy (non-hydrogen) atoms. The number of carboxylic acid groups (broad SMARTS) is 1. The molecule has 1 heterocycles. The van der Waals surface area contributed by atoms with Crippen LogP contribution in [0.4, 0.5) is 0 Å². The average molecular weight is 643 g/mol. The number of amides is 2. The van der Waals surface area contributed by atoms with Gasteiger partial charge in [-0.1, -0.05) is 0 Å². The number of rotatable bonds is 31. The average Bonchev–Trinajstić information content (AvgIpc) is 3.29. The van der Waals surface area contributed by atoms with Gasteiger partial charge in [-0.2, -0.15) is 4.31 Å². The fourth-order valence-corrected chi connectivity index (χ4v) is 4.65. The Hall–Kier alpha value is -2.06. The van der Waals surface area contributed by atoms with Crippen molar-refractivity contribution in [2.75, 3.05) is 132 Å². The smallest absolute Gasteiger partial charge is 0.304 e. The van der Waals surface area contributed by atoms with Gasteiger partial charge in [0.05, 0.1) is 111 Å². The van der Waals surface area contributed by atoms with Crippen LogP contribution in [0.5, 0.6) is 0 Å². The van der Waals surface area contributed by atoms with Crippen molar-refractivity contribution in [1.82, 2.24) is 9.21 Å². The number of ether oxygens (including phenoxy) is 8. The first-order valence-corrected chi connectivity index (χ1v) is 15.6. The van der Waals surface area contributed by atoms with Gasteiger partial charge in [-0.15, -0.1) is 0 Å². The number of hydrogen-bond donors (Lipinski definition) is 1. The van der Waals surface area contributed by atoms with E-state index in [9.17, 15) is 22.8 Å². The fourth-order valence-electron chi connectivity index (χ4n) is 3.33. The number of carbonyl (C=O) groups is 3. The van der Waals surface area contributed by atoms with E-state index < -0.39 is 34.2 Å². The maximum Gasteiger partial charge on any atom is 0.304 e. The van der Waals surface area contributed by atoms with Crippen LogP contribution in [0.2, 0.25) is 0 Å². The molecule has 0 unspecified atom stereocenters. The highest BCUT2D eigenvalue weighted by Gasteiger charge is 2.27. The van der Waals surface area contributed by atoms with Crippen molar-refractivity contribution in [3.05, 3.63) is 12.2 Å². The van der Waals surface area contributed by atoms with Crippen LogP contribution in [0.1, 0.15) is 6.42 Å². The molecule has 1 aliphatic heterocycles. The quantitative estimate of drug-likeness (QED) is 0.0701. The highest BCUT2D eigenvalue weighted by molar-refractivity contribution is 7.89. The van der Waals surface area contributed by atoms with Crippen molar-refractivity contribution < 1.29 is 65.8 Å². The van der Waals surface area contributed by atoms with Crippen molar-refractivity contribution in [2.45, 2.75) is 6.42 Å². The minimum Gasteiger partial charge on any atom is -0.481 e. The van der Waals surface area contributed by atoms with E-state index in [1.807, 2.05) is 0 Å². The molecule has 17 heteroatoms. The number of nitrogens with zero attached hydrogens (tertiary/aromatic N) is 2. The van der Waals surface area contributed by atoms with Gasteiger partial charge in [-0.25, -0.2) is 8.42 Å². The summed E-state index contributed by atoms with van der Waals surface area (Å²) < 4.78 is 68.8. The maximum absolute atomic E-state index is 12.7. The highest BCUT2D eigenvalue weighted by Crippen LogP contribution is 2.08. The number of carboxylic acids is 1. The second-order valence-electron chi connectivity index (χ2n) is 8.80. The lowest BCUT2D eigenvalue weighted by atomic mass is 10.4. The van der Waals surface area contributed by atoms with E-state index in [0.29, 0.717) is 79.3 Å². The van der Waals surface area contributed by atoms with Gasteiger partial charge >= 0.3 is 5.97 Å². The number of aliphatic carboxylic acids is 1. The first-order chi connectivity index (χ1) is 20.8. The van der Waals surface area contributed by atoms with E-state index in [1.165, 1.54) is 0 Å². The molecular formula is C26H46N2O14S. The summed E-state index contributed by atoms with van der Waals surface area (Å²) in [5, 5.41) is 8.94. The molecule has 2 amide bonds. The molecule has 0 aromatic rings. The van der Waals surface area contributed by atoms with E-state index in [4.69, 9.17) is 43.0 Å². The lowest BCUT2D eigenvalue weighted by Gasteiger charge is -2.24. The Labute approximate surface area is 253 Å². The molecule has 250 valence electrons. The van der Waals surface area contributed by atoms with Gasteiger partial charge in [0.1, 0.15) is 0 Å². The minimum atomic E-state index is -3.89. The first kappa shape index (κ1) is 39.0. The molecule has 0 bridgehead atoms. The molecule has 0 aliphatic carbocycles. The van der Waals surface area contributed by atoms with Gasteiger partial charge in [0.2, 0.25) is 10.0 Å². The molecular weight excluding hydrogens is 596 g/mol. The molecule has 16 nitrogen and oxygen atoms in total. The van der Waals surface area contributed by atoms with Crippen molar-refractivity contribution in [1.29, 1.82) is 0 Å². The summed E-state index contributed by atoms with van der Waals surface area (Å²) in [7, 11) is -2.27. The van der Waals surface area contributed by atoms with Gasteiger partial charge in [0, 0.05) is 38.9 Å². The summed E-state index contributed by atoms with van der Waals surface area (Å²) in [5.41, 5.74) is 0. The zero-order valence-electron chi connectivity index (χ0n) is 24.9. The molecule has 0 aromatic carbocycles. The Balaban J connectivity index is 1.97. The first-order valence-electron chi connectivity index (χ1n) is 14.0. The van der Waals surface area contributed by atoms with E-state index in [0.717, 1.165) is 21.4 Å². The van der Waals surface area contributed by atoms with Crippen LogP contribution in [-0.2, 0) is 62.3 Å². The standard InChI is InChI=1S/C26H46N2O14S/c1-35-8-9-36-10-11-37-12-13-38-14-15-39-16-17-40-18-19-41-20-21-42-22-23-43(33,34)27(5-4-26(31)32)6-7-28-24(29)2-3-25(28)30/h2-3H,4-23H2,1H3,(H,31,32). The second-order valence-corrected chi connectivity index (χ2v) is 10.9. The molecule has 0 radical (unpaired) electrons. The van der Waals surface area contributed by atoms with Crippen LogP contribution in [0.3, 0.4) is 0 Å². The molecule has 0 saturated carbocycles. The SMILES string of the molecule is COCCOCCOCCOCCOCCOCCOCCOCCS(=O)(=O)N(CCC(=O)O)CCN1C(=O)C=CC1=O. The van der Waals surface area contributed by atoms with Gasteiger partial charge in [-0.05, 0) is 0 Å². The van der Waals surface area contributed by atoms with Gasteiger partial charge in [0.15, 0.2) is 0 Å². The third-order valence-corrected chi connectivity index (χ3v) is 7.43. The summed E-state index contributed by atoms with van der Waals surface area (Å²) >= 11 is 0. The Kier molecular flexibility index (Phi) is 22.9. The normalized spacial score (nSPS) is 13.6. The van der Waals surface area contributed by atoms with Crippen molar-refractivity contribution in [3.63, 3.8) is 0 Å². The second kappa shape index (κ2) is 25.3. The van der Waals surface area contributed by atoms with Gasteiger partial charge < -0.3 is 43.0 Å². The zero-order chi connectivity index (χ0) is 31.6. The molecule has 0 atom stereocenters. The lowest BCUT2D eigenvalue weighted by molar-refractivity contribution is -0.138. The lowest BCUT2D eigenvalue weighted by Crippen LogP contribution is -2.43. The van der Waals surface area contributed by atoms with Gasteiger partial charge in [0.25, 0.3) is 11.8 Å². The van der Waals surface area contributed by atoms with Crippen molar-refractivity contribution in [2.24, 2.45) is 0 Å². The summed E-state index contributed by atoms with van der Waals surface area (Å²) in [5.74, 6) is -2.64. The van der Waals surface area contributed by atoms with Crippen LogP contribution in [-0.4, -0.2) is 172 Å². The van der Waals surface area contributed by atoms with E-state index in [2.05, 4.69) is 0 Å². The number of imide groups is 1. The fraction of sp³-hybridized carbons (Fsp3) is 0.808. The zero-order valence-corrected chi connectivity index (χ0v) is 25.7. The van der Waals surface area contributed by atoms with Crippen molar-refractivity contribution >= 4 is 27.8 Å². The number of methoxy groups -OCH3 is 1. The van der Waals surface area contributed by atoms with E-state index in [1.54, 1.807) is 7.11 Å². The molecule has 1 rings (SSSR count). The number of carbonyl (C=O) groups excluding carboxylic acids is 2. The van der Waals surface area contributed by atoms with Crippen LogP contribution in [0.15, 0.2) is 12.2 Å². The Bertz CT molecular complexity index is 884. The number of hydrogen-bond acceptors (Lipinski definition) is 13. The van der Waals surface area contributed by atoms with Crippen LogP contribution in [0.25, 0.3) is 0 Å². The largest absolute Gasteiger partial charge is 0.481 e. The monoisotopic (exact) mass is 642 g/mol. The molecule has 1 N–H and O–H groups in total. The molecule has 0 aromatic heterocycles. The third kappa shape index (κ3) is 20.5. The predicted octanol–water partition coefficient (Wildman–Crippen LogP) is -1.22. The maximum atomic E-state index is 12.7. The van der Waals surface area contributed by atoms with Gasteiger partial charge in [-0.3, -0.25) is 19.3 Å². The Morgan fingerprint density at radius 1 is 0.674 bits per heavy atom. The van der Waals surface area contributed by atoms with Crippen LogP contribution in [0, 0.1) is 0 Å². The van der Waals surface area contributed by atoms with E-state index in [-0.39, 0.29) is 45.2 Å². The summed E-state index contributed by atoms with van der Waals surface area (Å²) in [6.45, 7) is 5.09. The van der Waals surface area contributed by atoms with E-state index >= 15 is 0 Å². The highest BCUT2D eigenvalue weighted by atomic mass is 32.2. The third-order valence-electron chi connectivity index (χ3n) is 5.59. The number of sulfonamides is 1. The Morgan fingerprint density at radius 3 is 1.42 bits per heavy atom. The molecule has 1 aliphatic rings. The molecule has 0 saturated heterocycles. The summed E-state index contributed by atoms with van der Waals surface area (Å²) in [6.07, 6.45) is 1.77. The predicted molar refractivity (Wildman–Crippen MR) is 151 cm³/mol. The molecule has 0 spiro atoms. The molecule has 0 fully saturated rings. The minimum absolute atomic E-state index is 0.132. The topological polar surface area (TPSA) is 186 Å². The Morgan fingerprint density at radius 2 is 1.05 bits per heavy atom. The summed E-state index contributed by atoms with van der Waals surface area (Å²) in [6, 6.07) is 0. The van der Waals surface area contributed by atoms with Crippen LogP contribution >= 0.6 is 0 Å². The van der Waals surface area contributed by atoms with Crippen molar-refractivity contribution in [3.8, 4) is 0 Å². The summed E-state index contributed by atoms with van der Waals surface area (Å²) in [4.78, 5) is 35.2.